The van der Waals surface area contributed by atoms with Crippen molar-refractivity contribution in [3.05, 3.63) is 70.1 Å². The Morgan fingerprint density at radius 3 is 2.22 bits per heavy atom. The summed E-state index contributed by atoms with van der Waals surface area (Å²) in [6, 6.07) is 13.5. The second-order valence-electron chi connectivity index (χ2n) is 5.29. The third-order valence-electron chi connectivity index (χ3n) is 3.69. The second-order valence-corrected chi connectivity index (χ2v) is 5.29. The Hall–Kier alpha value is -3.01. The van der Waals surface area contributed by atoms with Crippen molar-refractivity contribution in [3.8, 4) is 11.1 Å². The van der Waals surface area contributed by atoms with Gasteiger partial charge < -0.3 is 4.42 Å². The molecular formula is C19H14O4. The lowest BCUT2D eigenvalue weighted by Crippen LogP contribution is -2.13. The number of ketones is 2. The summed E-state index contributed by atoms with van der Waals surface area (Å²) in [6.45, 7) is 2.77. The van der Waals surface area contributed by atoms with Gasteiger partial charge in [0.05, 0.1) is 10.9 Å². The molecule has 3 rings (SSSR count). The van der Waals surface area contributed by atoms with E-state index in [9.17, 15) is 14.4 Å². The molecule has 3 aromatic rings. The van der Waals surface area contributed by atoms with Gasteiger partial charge in [0.1, 0.15) is 5.58 Å². The van der Waals surface area contributed by atoms with Gasteiger partial charge in [-0.3, -0.25) is 14.4 Å². The van der Waals surface area contributed by atoms with Crippen LogP contribution in [0.25, 0.3) is 22.1 Å². The lowest BCUT2D eigenvalue weighted by molar-refractivity contribution is 0.0985. The summed E-state index contributed by atoms with van der Waals surface area (Å²) in [5.74, 6) is -0.564. The molecule has 0 bridgehead atoms. The van der Waals surface area contributed by atoms with Crippen LogP contribution >= 0.6 is 0 Å². The third kappa shape index (κ3) is 2.48. The molecule has 0 saturated heterocycles. The van der Waals surface area contributed by atoms with E-state index in [0.717, 1.165) is 0 Å². The predicted molar refractivity (Wildman–Crippen MR) is 87.9 cm³/mol. The molecule has 0 aliphatic rings. The van der Waals surface area contributed by atoms with Crippen LogP contribution < -0.4 is 5.43 Å². The minimum Gasteiger partial charge on any atom is -0.452 e. The fourth-order valence-corrected chi connectivity index (χ4v) is 2.64. The zero-order valence-electron chi connectivity index (χ0n) is 12.8. The highest BCUT2D eigenvalue weighted by Crippen LogP contribution is 2.28. The molecule has 1 heterocycles. The van der Waals surface area contributed by atoms with Crippen LogP contribution in [0, 0.1) is 0 Å². The zero-order valence-corrected chi connectivity index (χ0v) is 12.8. The lowest BCUT2D eigenvalue weighted by atomic mass is 9.94. The molecule has 0 unspecified atom stereocenters. The molecule has 1 aromatic heterocycles. The Labute approximate surface area is 132 Å². The predicted octanol–water partition coefficient (Wildman–Crippen LogP) is 3.87. The quantitative estimate of drug-likeness (QED) is 0.689. The summed E-state index contributed by atoms with van der Waals surface area (Å²) < 4.78 is 5.66. The maximum absolute atomic E-state index is 12.9. The topological polar surface area (TPSA) is 64.3 Å². The van der Waals surface area contributed by atoms with Crippen molar-refractivity contribution in [1.82, 2.24) is 0 Å². The van der Waals surface area contributed by atoms with Gasteiger partial charge in [-0.15, -0.1) is 0 Å². The Kier molecular flexibility index (Phi) is 3.66. The summed E-state index contributed by atoms with van der Waals surface area (Å²) in [5, 5.41) is 0.380. The highest BCUT2D eigenvalue weighted by Gasteiger charge is 2.22. The van der Waals surface area contributed by atoms with E-state index in [1.807, 2.05) is 0 Å². The summed E-state index contributed by atoms with van der Waals surface area (Å²) in [7, 11) is 0. The number of carbonyl (C=O) groups excluding carboxylic acids is 2. The van der Waals surface area contributed by atoms with Gasteiger partial charge >= 0.3 is 0 Å². The number of Topliss-reactive ketones (excluding diaryl/α,β-unsaturated/α-hetero) is 2. The van der Waals surface area contributed by atoms with E-state index < -0.39 is 0 Å². The van der Waals surface area contributed by atoms with Crippen molar-refractivity contribution in [2.24, 2.45) is 0 Å². The van der Waals surface area contributed by atoms with Gasteiger partial charge in [-0.25, -0.2) is 0 Å². The van der Waals surface area contributed by atoms with E-state index >= 15 is 0 Å². The molecule has 2 aromatic carbocycles. The first-order valence-electron chi connectivity index (χ1n) is 7.18. The molecule has 0 aliphatic heterocycles. The SMILES string of the molecule is CC(=O)c1ccccc1-c1c(C(C)=O)oc2ccccc2c1=O. The lowest BCUT2D eigenvalue weighted by Gasteiger charge is -2.10. The first-order valence-corrected chi connectivity index (χ1v) is 7.18. The van der Waals surface area contributed by atoms with Gasteiger partial charge in [-0.1, -0.05) is 36.4 Å². The van der Waals surface area contributed by atoms with Crippen molar-refractivity contribution in [3.63, 3.8) is 0 Å². The van der Waals surface area contributed by atoms with Crippen LogP contribution in [0.1, 0.15) is 34.8 Å². The van der Waals surface area contributed by atoms with E-state index in [1.54, 1.807) is 48.5 Å². The van der Waals surface area contributed by atoms with E-state index in [4.69, 9.17) is 4.42 Å². The molecule has 0 atom stereocenters. The fourth-order valence-electron chi connectivity index (χ4n) is 2.64. The van der Waals surface area contributed by atoms with Crippen molar-refractivity contribution >= 4 is 22.5 Å². The molecule has 23 heavy (non-hydrogen) atoms. The Morgan fingerprint density at radius 1 is 0.870 bits per heavy atom. The Balaban J connectivity index is 2.49. The first-order chi connectivity index (χ1) is 11.0. The number of carbonyl (C=O) groups is 2. The monoisotopic (exact) mass is 306 g/mol. The van der Waals surface area contributed by atoms with Gasteiger partial charge in [-0.2, -0.15) is 0 Å². The summed E-state index contributed by atoms with van der Waals surface area (Å²) in [4.78, 5) is 36.8. The first kappa shape index (κ1) is 14.9. The van der Waals surface area contributed by atoms with E-state index in [1.165, 1.54) is 13.8 Å². The van der Waals surface area contributed by atoms with E-state index in [-0.39, 0.29) is 28.3 Å². The second kappa shape index (κ2) is 5.65. The smallest absolute Gasteiger partial charge is 0.201 e. The summed E-state index contributed by atoms with van der Waals surface area (Å²) >= 11 is 0. The molecule has 0 saturated carbocycles. The average molecular weight is 306 g/mol. The Morgan fingerprint density at radius 2 is 1.52 bits per heavy atom. The molecular weight excluding hydrogens is 292 g/mol. The van der Waals surface area contributed by atoms with Crippen molar-refractivity contribution in [1.29, 1.82) is 0 Å². The average Bonchev–Trinajstić information content (AvgIpc) is 2.54. The van der Waals surface area contributed by atoms with Crippen LogP contribution in [0.5, 0.6) is 0 Å². The number of benzene rings is 2. The Bertz CT molecular complexity index is 996. The van der Waals surface area contributed by atoms with Gasteiger partial charge in [0, 0.05) is 18.1 Å². The van der Waals surface area contributed by atoms with Crippen LogP contribution in [0.3, 0.4) is 0 Å². The largest absolute Gasteiger partial charge is 0.452 e. The molecule has 0 aliphatic carbocycles. The van der Waals surface area contributed by atoms with Gasteiger partial charge in [0.15, 0.2) is 17.3 Å². The van der Waals surface area contributed by atoms with Crippen LogP contribution in [-0.4, -0.2) is 11.6 Å². The maximum Gasteiger partial charge on any atom is 0.201 e. The number of para-hydroxylation sites is 1. The maximum atomic E-state index is 12.9. The van der Waals surface area contributed by atoms with Crippen molar-refractivity contribution < 1.29 is 14.0 Å². The van der Waals surface area contributed by atoms with E-state index in [2.05, 4.69) is 0 Å². The standard InChI is InChI=1S/C19H14O4/c1-11(20)13-7-3-4-8-14(13)17-18(22)15-9-5-6-10-16(15)23-19(17)12(2)21/h3-10H,1-2H3. The number of hydrogen-bond donors (Lipinski definition) is 0. The van der Waals surface area contributed by atoms with Crippen molar-refractivity contribution in [2.45, 2.75) is 13.8 Å². The van der Waals surface area contributed by atoms with Crippen LogP contribution in [-0.2, 0) is 0 Å². The molecule has 4 nitrogen and oxygen atoms in total. The van der Waals surface area contributed by atoms with Crippen LogP contribution in [0.4, 0.5) is 0 Å². The number of hydrogen-bond acceptors (Lipinski definition) is 4. The zero-order chi connectivity index (χ0) is 16.6. The number of rotatable bonds is 3. The van der Waals surface area contributed by atoms with Crippen molar-refractivity contribution in [2.75, 3.05) is 0 Å². The van der Waals surface area contributed by atoms with Gasteiger partial charge in [0.25, 0.3) is 0 Å². The molecule has 4 heteroatoms. The molecule has 0 radical (unpaired) electrons. The third-order valence-corrected chi connectivity index (χ3v) is 3.69. The molecule has 0 N–H and O–H groups in total. The molecule has 0 amide bonds. The summed E-state index contributed by atoms with van der Waals surface area (Å²) in [6.07, 6.45) is 0. The summed E-state index contributed by atoms with van der Waals surface area (Å²) in [5.41, 5.74) is 0.988. The van der Waals surface area contributed by atoms with E-state index in [0.29, 0.717) is 22.1 Å². The van der Waals surface area contributed by atoms with Gasteiger partial charge in [-0.05, 0) is 19.1 Å². The normalized spacial score (nSPS) is 10.7. The molecule has 114 valence electrons. The molecule has 0 spiro atoms. The highest BCUT2D eigenvalue weighted by molar-refractivity contribution is 6.06. The minimum absolute atomic E-state index is 0.0256. The minimum atomic E-state index is -0.360. The number of fused-ring (bicyclic) bond motifs is 1. The van der Waals surface area contributed by atoms with Crippen LogP contribution in [0.15, 0.2) is 57.7 Å². The van der Waals surface area contributed by atoms with Gasteiger partial charge in [0.2, 0.25) is 5.43 Å². The molecule has 0 fully saturated rings. The highest BCUT2D eigenvalue weighted by atomic mass is 16.3. The van der Waals surface area contributed by atoms with Crippen LogP contribution in [0.2, 0.25) is 0 Å². The fraction of sp³-hybridized carbons (Fsp3) is 0.105.